The predicted octanol–water partition coefficient (Wildman–Crippen LogP) is 3.47. The van der Waals surface area contributed by atoms with E-state index in [4.69, 9.17) is 0 Å². The minimum atomic E-state index is 0.597. The van der Waals surface area contributed by atoms with Crippen LogP contribution < -0.4 is 0 Å². The quantitative estimate of drug-likeness (QED) is 0.514. The van der Waals surface area contributed by atoms with Gasteiger partial charge in [-0.1, -0.05) is 34.6 Å². The van der Waals surface area contributed by atoms with Gasteiger partial charge in [0.25, 0.3) is 0 Å². The Balaban J connectivity index is 2.23. The van der Waals surface area contributed by atoms with Crippen LogP contribution in [0, 0.1) is 27.6 Å². The predicted molar refractivity (Wildman–Crippen MR) is 50.8 cm³/mol. The molecule has 4 saturated carbocycles. The van der Waals surface area contributed by atoms with Crippen molar-refractivity contribution < 1.29 is 0 Å². The third-order valence-corrected chi connectivity index (χ3v) is 6.79. The average Bonchev–Trinajstić information content (AvgIpc) is 2.21. The van der Waals surface area contributed by atoms with Crippen LogP contribution in [0.1, 0.15) is 47.5 Å². The van der Waals surface area contributed by atoms with Crippen LogP contribution in [0.2, 0.25) is 0 Å². The molecule has 0 amide bonds. The summed E-state index contributed by atoms with van der Waals surface area (Å²) in [6.45, 7) is 12.6. The van der Waals surface area contributed by atoms with E-state index >= 15 is 0 Å². The van der Waals surface area contributed by atoms with Crippen LogP contribution in [0.3, 0.4) is 0 Å². The fraction of sp³-hybridized carbons (Fsp3) is 1.00. The zero-order chi connectivity index (χ0) is 8.99. The highest BCUT2D eigenvalue weighted by Crippen LogP contribution is 2.96. The van der Waals surface area contributed by atoms with Crippen LogP contribution in [0.25, 0.3) is 0 Å². The molecule has 0 N–H and O–H groups in total. The molecule has 0 aromatic rings. The molecule has 0 heteroatoms. The molecule has 0 heterocycles. The lowest BCUT2D eigenvalue weighted by molar-refractivity contribution is 0.111. The van der Waals surface area contributed by atoms with Gasteiger partial charge in [0.15, 0.2) is 0 Å². The van der Waals surface area contributed by atoms with Crippen LogP contribution in [0.4, 0.5) is 0 Å². The highest BCUT2D eigenvalue weighted by molar-refractivity contribution is 5.37. The van der Waals surface area contributed by atoms with Gasteiger partial charge in [-0.25, -0.2) is 0 Å². The molecule has 2 unspecified atom stereocenters. The molecule has 0 spiro atoms. The summed E-state index contributed by atoms with van der Waals surface area (Å²) in [6.07, 6.45) is 3.00. The van der Waals surface area contributed by atoms with Crippen molar-refractivity contribution in [2.45, 2.75) is 47.5 Å². The van der Waals surface area contributed by atoms with Crippen molar-refractivity contribution in [3.63, 3.8) is 0 Å². The average molecular weight is 164 g/mol. The van der Waals surface area contributed by atoms with Gasteiger partial charge in [0.2, 0.25) is 0 Å². The molecule has 4 fully saturated rings. The Kier molecular flexibility index (Phi) is 0.807. The Morgan fingerprint density at radius 1 is 1.00 bits per heavy atom. The lowest BCUT2D eigenvalue weighted by atomic mass is 9.67. The van der Waals surface area contributed by atoms with Crippen molar-refractivity contribution in [1.29, 1.82) is 0 Å². The van der Waals surface area contributed by atoms with Crippen LogP contribution in [0.5, 0.6) is 0 Å². The molecule has 0 radical (unpaired) electrons. The van der Waals surface area contributed by atoms with Crippen LogP contribution >= 0.6 is 0 Å². The van der Waals surface area contributed by atoms with E-state index in [0.29, 0.717) is 16.2 Å². The van der Waals surface area contributed by atoms with E-state index in [0.717, 1.165) is 11.3 Å². The zero-order valence-electron chi connectivity index (χ0n) is 8.99. The minimum absolute atomic E-state index is 0.597. The molecule has 4 bridgehead atoms. The fourth-order valence-electron chi connectivity index (χ4n) is 5.31. The van der Waals surface area contributed by atoms with Crippen LogP contribution in [-0.2, 0) is 0 Å². The highest BCUT2D eigenvalue weighted by Gasteiger charge is 2.89. The topological polar surface area (TPSA) is 0 Å². The Hall–Kier alpha value is 0. The molecule has 12 heavy (non-hydrogen) atoms. The summed E-state index contributed by atoms with van der Waals surface area (Å²) in [4.78, 5) is 0. The highest BCUT2D eigenvalue weighted by atomic mass is 14.9. The first-order valence-electron chi connectivity index (χ1n) is 5.30. The van der Waals surface area contributed by atoms with E-state index in [1.807, 2.05) is 0 Å². The third kappa shape index (κ3) is 0.352. The molecule has 4 rings (SSSR count). The Morgan fingerprint density at radius 2 is 1.58 bits per heavy atom. The number of rotatable bonds is 0. The van der Waals surface area contributed by atoms with E-state index in [1.54, 1.807) is 0 Å². The zero-order valence-corrected chi connectivity index (χ0v) is 8.99. The summed E-state index contributed by atoms with van der Waals surface area (Å²) in [5, 5.41) is 0. The second kappa shape index (κ2) is 1.31. The maximum atomic E-state index is 2.54. The number of hydrogen-bond acceptors (Lipinski definition) is 0. The molecule has 0 aromatic carbocycles. The lowest BCUT2D eigenvalue weighted by Crippen LogP contribution is -2.30. The standard InChI is InChI=1S/C12H20/c1-9(2)10(3)6-8-11(4,7-10)12(8,9)5/h8H,6-7H2,1-5H3/t8?,10-,11?,12-/m0/s1. The number of hydrogen-bond donors (Lipinski definition) is 0. The Labute approximate surface area is 75.7 Å². The van der Waals surface area contributed by atoms with Crippen LogP contribution in [-0.4, -0.2) is 0 Å². The van der Waals surface area contributed by atoms with E-state index < -0.39 is 0 Å². The van der Waals surface area contributed by atoms with Gasteiger partial charge in [-0.3, -0.25) is 0 Å². The summed E-state index contributed by atoms with van der Waals surface area (Å²) in [7, 11) is 0. The maximum absolute atomic E-state index is 2.54. The summed E-state index contributed by atoms with van der Waals surface area (Å²) >= 11 is 0. The molecule has 0 aliphatic heterocycles. The SMILES string of the molecule is CC12C[C@]3(C)CC1[C@@]2(C)C3(C)C. The van der Waals surface area contributed by atoms with E-state index in [9.17, 15) is 0 Å². The van der Waals surface area contributed by atoms with E-state index in [1.165, 1.54) is 12.8 Å². The van der Waals surface area contributed by atoms with Gasteiger partial charge >= 0.3 is 0 Å². The van der Waals surface area contributed by atoms with Crippen molar-refractivity contribution in [1.82, 2.24) is 0 Å². The monoisotopic (exact) mass is 164 g/mol. The van der Waals surface area contributed by atoms with Gasteiger partial charge in [-0.15, -0.1) is 0 Å². The van der Waals surface area contributed by atoms with Crippen molar-refractivity contribution in [3.8, 4) is 0 Å². The fourth-order valence-corrected chi connectivity index (χ4v) is 5.31. The van der Waals surface area contributed by atoms with E-state index in [2.05, 4.69) is 34.6 Å². The molecule has 4 atom stereocenters. The molecular weight excluding hydrogens is 144 g/mol. The second-order valence-corrected chi connectivity index (χ2v) is 6.74. The first-order chi connectivity index (χ1) is 5.30. The maximum Gasteiger partial charge on any atom is -0.0179 e. The van der Waals surface area contributed by atoms with Gasteiger partial charge < -0.3 is 0 Å². The largest absolute Gasteiger partial charge is 0.0591 e. The molecule has 68 valence electrons. The molecule has 4 aliphatic carbocycles. The Morgan fingerprint density at radius 3 is 1.67 bits per heavy atom. The molecular formula is C12H20. The summed E-state index contributed by atoms with van der Waals surface area (Å²) < 4.78 is 0. The molecule has 0 saturated heterocycles. The molecule has 0 nitrogen and oxygen atoms in total. The normalized spacial score (nSPS) is 70.2. The Bertz CT molecular complexity index is 275. The van der Waals surface area contributed by atoms with Crippen molar-refractivity contribution in [3.05, 3.63) is 0 Å². The van der Waals surface area contributed by atoms with Gasteiger partial charge in [-0.05, 0) is 40.4 Å². The minimum Gasteiger partial charge on any atom is -0.0591 e. The third-order valence-electron chi connectivity index (χ3n) is 6.79. The smallest absolute Gasteiger partial charge is 0.0179 e. The summed E-state index contributed by atoms with van der Waals surface area (Å²) in [6, 6.07) is 0. The summed E-state index contributed by atoms with van der Waals surface area (Å²) in [5.41, 5.74) is 2.68. The second-order valence-electron chi connectivity index (χ2n) is 6.74. The van der Waals surface area contributed by atoms with E-state index in [-0.39, 0.29) is 0 Å². The van der Waals surface area contributed by atoms with Gasteiger partial charge in [-0.2, -0.15) is 0 Å². The van der Waals surface area contributed by atoms with Crippen molar-refractivity contribution in [2.24, 2.45) is 27.6 Å². The van der Waals surface area contributed by atoms with Gasteiger partial charge in [0.1, 0.15) is 0 Å². The van der Waals surface area contributed by atoms with Crippen molar-refractivity contribution >= 4 is 0 Å². The van der Waals surface area contributed by atoms with Gasteiger partial charge in [0, 0.05) is 0 Å². The molecule has 0 aromatic heterocycles. The first kappa shape index (κ1) is 7.41. The molecule has 4 aliphatic rings. The van der Waals surface area contributed by atoms with Gasteiger partial charge in [0.05, 0.1) is 0 Å². The first-order valence-corrected chi connectivity index (χ1v) is 5.30. The summed E-state index contributed by atoms with van der Waals surface area (Å²) in [5.74, 6) is 1.06. The van der Waals surface area contributed by atoms with Crippen molar-refractivity contribution in [2.75, 3.05) is 0 Å². The van der Waals surface area contributed by atoms with Crippen LogP contribution in [0.15, 0.2) is 0 Å². The lowest BCUT2D eigenvalue weighted by Gasteiger charge is -2.37.